The molecule has 1 aliphatic rings. The Bertz CT molecular complexity index is 1610. The zero-order valence-electron chi connectivity index (χ0n) is 21.5. The molecule has 4 aromatic carbocycles. The maximum atomic E-state index is 11.8. The predicted octanol–water partition coefficient (Wildman–Crippen LogP) is 7.29. The number of nitrogens with two attached hydrogens (primary N) is 1. The van der Waals surface area contributed by atoms with Crippen LogP contribution in [0.15, 0.2) is 103 Å². The lowest BCUT2D eigenvalue weighted by molar-refractivity contribution is 0.0697. The molecule has 1 aliphatic heterocycles. The van der Waals surface area contributed by atoms with Crippen molar-refractivity contribution in [2.75, 3.05) is 16.8 Å². The number of carboxylic acids is 1. The van der Waals surface area contributed by atoms with Crippen molar-refractivity contribution in [3.63, 3.8) is 0 Å². The van der Waals surface area contributed by atoms with E-state index in [1.165, 1.54) is 11.1 Å². The molecule has 1 aromatic heterocycles. The zero-order valence-corrected chi connectivity index (χ0v) is 22.3. The molecule has 39 heavy (non-hydrogen) atoms. The number of H-pyrrole nitrogens is 1. The molecule has 0 radical (unpaired) electrons. The molecule has 0 amide bonds. The van der Waals surface area contributed by atoms with E-state index >= 15 is 0 Å². The Labute approximate surface area is 232 Å². The molecule has 0 fully saturated rings. The number of para-hydroxylation sites is 2. The molecule has 5 aromatic rings. The molecule has 0 saturated carbocycles. The van der Waals surface area contributed by atoms with Gasteiger partial charge in [0.2, 0.25) is 0 Å². The van der Waals surface area contributed by atoms with Gasteiger partial charge in [-0.25, -0.2) is 4.79 Å². The molecule has 6 heteroatoms. The molecule has 0 bridgehead atoms. The van der Waals surface area contributed by atoms with Crippen LogP contribution in [0.25, 0.3) is 10.9 Å². The van der Waals surface area contributed by atoms with Gasteiger partial charge in [-0.1, -0.05) is 66.7 Å². The third kappa shape index (κ3) is 5.12. The second kappa shape index (κ2) is 10.9. The van der Waals surface area contributed by atoms with Gasteiger partial charge < -0.3 is 21.1 Å². The summed E-state index contributed by atoms with van der Waals surface area (Å²) in [4.78, 5) is 15.2. The number of nitrogens with one attached hydrogen (secondary N) is 2. The van der Waals surface area contributed by atoms with Gasteiger partial charge in [-0.15, -0.1) is 0 Å². The molecule has 0 aliphatic carbocycles. The highest BCUT2D eigenvalue weighted by Crippen LogP contribution is 2.51. The molecule has 0 saturated heterocycles. The SMILES string of the molecule is Nc1ccccc1CC(SCCc1ccccc1)C1c2ccccc2NC1c1c[nH]c2ccc(C(=O)O)cc12. The van der Waals surface area contributed by atoms with Gasteiger partial charge in [-0.2, -0.15) is 11.8 Å². The quantitative estimate of drug-likeness (QED) is 0.149. The number of hydrogen-bond acceptors (Lipinski definition) is 4. The fourth-order valence-corrected chi connectivity index (χ4v) is 7.24. The number of hydrogen-bond donors (Lipinski definition) is 4. The van der Waals surface area contributed by atoms with Crippen LogP contribution in [-0.4, -0.2) is 27.1 Å². The van der Waals surface area contributed by atoms with E-state index in [-0.39, 0.29) is 17.2 Å². The number of benzene rings is 4. The molecule has 6 rings (SSSR count). The van der Waals surface area contributed by atoms with E-state index < -0.39 is 5.97 Å². The first-order valence-electron chi connectivity index (χ1n) is 13.3. The minimum absolute atomic E-state index is 0.0145. The van der Waals surface area contributed by atoms with E-state index in [4.69, 9.17) is 5.73 Å². The lowest BCUT2D eigenvalue weighted by Gasteiger charge is -2.29. The maximum absolute atomic E-state index is 11.8. The van der Waals surface area contributed by atoms with E-state index in [1.807, 2.05) is 36.2 Å². The molecular formula is C33H31N3O2S. The molecule has 3 unspecified atom stereocenters. The van der Waals surface area contributed by atoms with Crippen LogP contribution in [0.4, 0.5) is 11.4 Å². The number of anilines is 2. The van der Waals surface area contributed by atoms with Gasteiger partial charge >= 0.3 is 5.97 Å². The number of aromatic amines is 1. The second-order valence-electron chi connectivity index (χ2n) is 10.1. The number of nitrogen functional groups attached to an aromatic ring is 1. The summed E-state index contributed by atoms with van der Waals surface area (Å²) in [6.07, 6.45) is 3.87. The summed E-state index contributed by atoms with van der Waals surface area (Å²) >= 11 is 2.00. The molecule has 3 atom stereocenters. The highest BCUT2D eigenvalue weighted by Gasteiger charge is 2.40. The summed E-state index contributed by atoms with van der Waals surface area (Å²) in [6, 6.07) is 32.6. The molecule has 5 nitrogen and oxygen atoms in total. The summed E-state index contributed by atoms with van der Waals surface area (Å²) in [5.74, 6) is 0.232. The van der Waals surface area contributed by atoms with Gasteiger partial charge in [-0.3, -0.25) is 0 Å². The topological polar surface area (TPSA) is 91.1 Å². The molecule has 196 valence electrons. The highest BCUT2D eigenvalue weighted by atomic mass is 32.2. The lowest BCUT2D eigenvalue weighted by Crippen LogP contribution is -2.25. The minimum atomic E-state index is -0.919. The number of rotatable bonds is 9. The zero-order chi connectivity index (χ0) is 26.8. The van der Waals surface area contributed by atoms with E-state index in [0.29, 0.717) is 5.56 Å². The number of aromatic nitrogens is 1. The predicted molar refractivity (Wildman–Crippen MR) is 162 cm³/mol. The van der Waals surface area contributed by atoms with E-state index in [1.54, 1.807) is 12.1 Å². The van der Waals surface area contributed by atoms with Gasteiger partial charge in [0.1, 0.15) is 0 Å². The largest absolute Gasteiger partial charge is 0.478 e. The van der Waals surface area contributed by atoms with Crippen molar-refractivity contribution in [2.45, 2.75) is 30.1 Å². The van der Waals surface area contributed by atoms with E-state index in [0.717, 1.165) is 52.0 Å². The number of aromatic carboxylic acids is 1. The number of thioether (sulfide) groups is 1. The van der Waals surface area contributed by atoms with Crippen LogP contribution in [0.1, 0.15) is 44.6 Å². The first-order valence-corrected chi connectivity index (χ1v) is 14.3. The third-order valence-corrected chi connectivity index (χ3v) is 9.06. The standard InChI is InChI=1S/C33H31N3O2S/c34-27-12-6-4-10-22(27)19-30(39-17-16-21-8-2-1-3-9-21)31-24-11-5-7-13-29(24)36-32(31)26-20-35-28-15-14-23(33(37)38)18-25(26)28/h1-15,18,20,30-32,35-36H,16-17,19,34H2,(H,37,38). The van der Waals surface area contributed by atoms with Gasteiger partial charge in [-0.05, 0) is 65.6 Å². The number of carboxylic acid groups (broad SMARTS) is 1. The summed E-state index contributed by atoms with van der Waals surface area (Å²) in [6.45, 7) is 0. The third-order valence-electron chi connectivity index (χ3n) is 7.73. The van der Waals surface area contributed by atoms with Crippen molar-refractivity contribution >= 4 is 40.0 Å². The number of fused-ring (bicyclic) bond motifs is 2. The van der Waals surface area contributed by atoms with Crippen LogP contribution in [-0.2, 0) is 12.8 Å². The van der Waals surface area contributed by atoms with Crippen molar-refractivity contribution in [1.82, 2.24) is 4.98 Å². The Morgan fingerprint density at radius 1 is 0.923 bits per heavy atom. The summed E-state index contributed by atoms with van der Waals surface area (Å²) in [7, 11) is 0. The molecule has 0 spiro atoms. The lowest BCUT2D eigenvalue weighted by atomic mass is 9.85. The average molecular weight is 534 g/mol. The fraction of sp³-hybridized carbons (Fsp3) is 0.182. The van der Waals surface area contributed by atoms with Crippen LogP contribution in [0.3, 0.4) is 0 Å². The fourth-order valence-electron chi connectivity index (χ4n) is 5.77. The maximum Gasteiger partial charge on any atom is 0.335 e. The Balaban J connectivity index is 1.40. The number of aryl methyl sites for hydroxylation is 1. The van der Waals surface area contributed by atoms with Crippen LogP contribution < -0.4 is 11.1 Å². The van der Waals surface area contributed by atoms with Gasteiger partial charge in [0.15, 0.2) is 0 Å². The van der Waals surface area contributed by atoms with Crippen LogP contribution in [0, 0.1) is 0 Å². The molecular weight excluding hydrogens is 502 g/mol. The first kappa shape index (κ1) is 25.1. The highest BCUT2D eigenvalue weighted by molar-refractivity contribution is 7.99. The summed E-state index contributed by atoms with van der Waals surface area (Å²) in [5, 5.41) is 14.7. The second-order valence-corrected chi connectivity index (χ2v) is 11.4. The number of carbonyl (C=O) groups is 1. The monoisotopic (exact) mass is 533 g/mol. The van der Waals surface area contributed by atoms with Crippen LogP contribution in [0.5, 0.6) is 0 Å². The first-order chi connectivity index (χ1) is 19.1. The Morgan fingerprint density at radius 2 is 1.69 bits per heavy atom. The molecule has 2 heterocycles. The van der Waals surface area contributed by atoms with E-state index in [9.17, 15) is 9.90 Å². The van der Waals surface area contributed by atoms with E-state index in [2.05, 4.69) is 77.0 Å². The van der Waals surface area contributed by atoms with Crippen molar-refractivity contribution in [2.24, 2.45) is 0 Å². The average Bonchev–Trinajstić information content (AvgIpc) is 3.55. The van der Waals surface area contributed by atoms with Gasteiger partial charge in [0.25, 0.3) is 0 Å². The smallest absolute Gasteiger partial charge is 0.335 e. The van der Waals surface area contributed by atoms with Crippen LogP contribution in [0.2, 0.25) is 0 Å². The Kier molecular flexibility index (Phi) is 7.03. The van der Waals surface area contributed by atoms with Crippen LogP contribution >= 0.6 is 11.8 Å². The normalized spacial score (nSPS) is 17.0. The summed E-state index contributed by atoms with van der Waals surface area (Å²) in [5.41, 5.74) is 14.5. The van der Waals surface area contributed by atoms with Crippen molar-refractivity contribution in [3.8, 4) is 0 Å². The Hall–Kier alpha value is -4.16. The van der Waals surface area contributed by atoms with Gasteiger partial charge in [0, 0.05) is 45.2 Å². The van der Waals surface area contributed by atoms with Crippen molar-refractivity contribution in [1.29, 1.82) is 0 Å². The summed E-state index contributed by atoms with van der Waals surface area (Å²) < 4.78 is 0. The molecule has 5 N–H and O–H groups in total. The Morgan fingerprint density at radius 3 is 2.51 bits per heavy atom. The van der Waals surface area contributed by atoms with Crippen molar-refractivity contribution < 1.29 is 9.90 Å². The van der Waals surface area contributed by atoms with Gasteiger partial charge in [0.05, 0.1) is 11.6 Å². The van der Waals surface area contributed by atoms with Crippen molar-refractivity contribution in [3.05, 3.63) is 131 Å². The minimum Gasteiger partial charge on any atom is -0.478 e.